The van der Waals surface area contributed by atoms with Crippen molar-refractivity contribution in [1.82, 2.24) is 26.4 Å². The molecule has 0 fully saturated rings. The Balaban J connectivity index is 1.72. The average Bonchev–Trinajstić information content (AvgIpc) is 2.98. The van der Waals surface area contributed by atoms with Crippen LogP contribution in [-0.2, 0) is 27.3 Å². The molecule has 1 atom stereocenters. The van der Waals surface area contributed by atoms with E-state index in [9.17, 15) is 19.2 Å². The van der Waals surface area contributed by atoms with Crippen molar-refractivity contribution >= 4 is 34.6 Å². The molecule has 0 saturated carbocycles. The topological polar surface area (TPSA) is 129 Å². The van der Waals surface area contributed by atoms with Crippen LogP contribution in [0.1, 0.15) is 59.1 Å². The number of benzene rings is 3. The summed E-state index contributed by atoms with van der Waals surface area (Å²) in [5.41, 5.74) is 3.25. The van der Waals surface area contributed by atoms with Gasteiger partial charge in [0.1, 0.15) is 5.60 Å². The number of rotatable bonds is 13. The molecule has 3 aromatic carbocycles. The molecule has 0 heterocycles. The van der Waals surface area contributed by atoms with Crippen LogP contribution in [0.4, 0.5) is 9.59 Å². The lowest BCUT2D eigenvalue weighted by Crippen LogP contribution is -2.56. The zero-order chi connectivity index (χ0) is 33.7. The van der Waals surface area contributed by atoms with E-state index in [-0.39, 0.29) is 25.3 Å². The van der Waals surface area contributed by atoms with E-state index >= 15 is 0 Å². The molecular weight excluding hydrogens is 582 g/mol. The zero-order valence-corrected chi connectivity index (χ0v) is 27.7. The van der Waals surface area contributed by atoms with E-state index in [1.165, 1.54) is 11.1 Å². The van der Waals surface area contributed by atoms with Gasteiger partial charge in [-0.1, -0.05) is 78.9 Å². The summed E-state index contributed by atoms with van der Waals surface area (Å²) in [5.74, 6) is -0.691. The predicted molar refractivity (Wildman–Crippen MR) is 181 cm³/mol. The SMILES string of the molecule is CCNC(=O)N(Cc1ccccc1)NC(=O)[C@@H](Cc1ccc2ccccc2c1)NCC(=O)C=CCC(C)(C)NC(=O)OC(C)(C)C. The Hall–Kier alpha value is -4.70. The minimum Gasteiger partial charge on any atom is -0.444 e. The lowest BCUT2D eigenvalue weighted by molar-refractivity contribution is -0.127. The first-order valence-electron chi connectivity index (χ1n) is 15.6. The molecule has 0 bridgehead atoms. The van der Waals surface area contributed by atoms with Gasteiger partial charge >= 0.3 is 12.1 Å². The normalized spacial score (nSPS) is 12.4. The molecule has 0 radical (unpaired) electrons. The summed E-state index contributed by atoms with van der Waals surface area (Å²) in [7, 11) is 0. The zero-order valence-electron chi connectivity index (χ0n) is 27.7. The lowest BCUT2D eigenvalue weighted by atomic mass is 10.00. The molecule has 0 aliphatic heterocycles. The van der Waals surface area contributed by atoms with Gasteiger partial charge in [-0.05, 0) is 82.4 Å². The first-order chi connectivity index (χ1) is 21.7. The fourth-order valence-corrected chi connectivity index (χ4v) is 4.64. The van der Waals surface area contributed by atoms with Crippen molar-refractivity contribution in [3.8, 4) is 0 Å². The van der Waals surface area contributed by atoms with E-state index in [4.69, 9.17) is 4.74 Å². The Morgan fingerprint density at radius 1 is 0.870 bits per heavy atom. The molecule has 3 aromatic rings. The summed E-state index contributed by atoms with van der Waals surface area (Å²) < 4.78 is 5.33. The van der Waals surface area contributed by atoms with Crippen molar-refractivity contribution in [1.29, 1.82) is 0 Å². The Bertz CT molecular complexity index is 1510. The van der Waals surface area contributed by atoms with Crippen LogP contribution in [0.15, 0.2) is 84.9 Å². The van der Waals surface area contributed by atoms with E-state index in [2.05, 4.69) is 21.4 Å². The fourth-order valence-electron chi connectivity index (χ4n) is 4.64. The number of hydrazine groups is 1. The number of nitrogens with zero attached hydrogens (tertiary/aromatic N) is 1. The second kappa shape index (κ2) is 16.6. The number of ketones is 1. The highest BCUT2D eigenvalue weighted by molar-refractivity contribution is 5.92. The number of alkyl carbamates (subject to hydrolysis) is 1. The van der Waals surface area contributed by atoms with Gasteiger partial charge in [0.15, 0.2) is 5.78 Å². The summed E-state index contributed by atoms with van der Waals surface area (Å²) in [6.45, 7) is 11.3. The number of urea groups is 1. The quantitative estimate of drug-likeness (QED) is 0.148. The minimum atomic E-state index is -0.823. The smallest absolute Gasteiger partial charge is 0.408 e. The summed E-state index contributed by atoms with van der Waals surface area (Å²) >= 11 is 0. The van der Waals surface area contributed by atoms with Crippen molar-refractivity contribution < 1.29 is 23.9 Å². The molecule has 10 nitrogen and oxygen atoms in total. The summed E-state index contributed by atoms with van der Waals surface area (Å²) in [6.07, 6.45) is 3.27. The number of carbonyl (C=O) groups is 4. The van der Waals surface area contributed by atoms with Crippen molar-refractivity contribution in [2.24, 2.45) is 0 Å². The highest BCUT2D eigenvalue weighted by Crippen LogP contribution is 2.17. The molecule has 0 saturated heterocycles. The Morgan fingerprint density at radius 3 is 2.22 bits per heavy atom. The highest BCUT2D eigenvalue weighted by atomic mass is 16.6. The van der Waals surface area contributed by atoms with E-state index in [0.29, 0.717) is 13.0 Å². The molecule has 246 valence electrons. The van der Waals surface area contributed by atoms with Gasteiger partial charge < -0.3 is 15.4 Å². The number of ether oxygens (including phenoxy) is 1. The summed E-state index contributed by atoms with van der Waals surface area (Å²) in [4.78, 5) is 51.7. The van der Waals surface area contributed by atoms with Crippen LogP contribution in [0.3, 0.4) is 0 Å². The molecule has 0 aliphatic carbocycles. The molecule has 10 heteroatoms. The van der Waals surface area contributed by atoms with Crippen LogP contribution in [0.25, 0.3) is 10.8 Å². The van der Waals surface area contributed by atoms with E-state index in [0.717, 1.165) is 21.9 Å². The monoisotopic (exact) mass is 629 g/mol. The molecular formula is C36H47N5O5. The van der Waals surface area contributed by atoms with Gasteiger partial charge in [-0.3, -0.25) is 20.3 Å². The Morgan fingerprint density at radius 2 is 1.54 bits per heavy atom. The highest BCUT2D eigenvalue weighted by Gasteiger charge is 2.25. The number of fused-ring (bicyclic) bond motifs is 1. The van der Waals surface area contributed by atoms with Crippen LogP contribution in [-0.4, -0.2) is 59.1 Å². The second-order valence-electron chi connectivity index (χ2n) is 12.8. The van der Waals surface area contributed by atoms with Gasteiger partial charge in [-0.15, -0.1) is 0 Å². The third-order valence-corrected chi connectivity index (χ3v) is 6.87. The van der Waals surface area contributed by atoms with Gasteiger partial charge in [0, 0.05) is 12.1 Å². The van der Waals surface area contributed by atoms with Crippen LogP contribution in [0.5, 0.6) is 0 Å². The molecule has 3 rings (SSSR count). The molecule has 0 aromatic heterocycles. The van der Waals surface area contributed by atoms with Crippen LogP contribution < -0.4 is 21.4 Å². The first-order valence-corrected chi connectivity index (χ1v) is 15.6. The minimum absolute atomic E-state index is 0.109. The van der Waals surface area contributed by atoms with Crippen LogP contribution in [0.2, 0.25) is 0 Å². The predicted octanol–water partition coefficient (Wildman–Crippen LogP) is 5.42. The van der Waals surface area contributed by atoms with E-state index in [1.54, 1.807) is 33.8 Å². The molecule has 0 spiro atoms. The molecule has 0 aliphatic rings. The van der Waals surface area contributed by atoms with Gasteiger partial charge in [0.05, 0.1) is 19.1 Å². The molecule has 0 unspecified atom stereocenters. The van der Waals surface area contributed by atoms with Crippen molar-refractivity contribution in [2.45, 2.75) is 78.1 Å². The van der Waals surface area contributed by atoms with Crippen LogP contribution >= 0.6 is 0 Å². The maximum Gasteiger partial charge on any atom is 0.408 e. The third-order valence-electron chi connectivity index (χ3n) is 6.87. The standard InChI is InChI=1S/C36H47N5O5/c1-7-37-33(44)41(25-26-14-9-8-10-15-26)40-32(43)31(23-27-19-20-28-16-11-12-17-29(28)22-27)38-24-30(42)18-13-21-36(5,6)39-34(45)46-35(2,3)4/h8-20,22,31,38H,7,21,23-25H2,1-6H3,(H,37,44)(H,39,45)(H,40,43)/t31-/m1/s1. The third kappa shape index (κ3) is 12.4. The largest absolute Gasteiger partial charge is 0.444 e. The lowest BCUT2D eigenvalue weighted by Gasteiger charge is -2.27. The number of hydrogen-bond donors (Lipinski definition) is 4. The summed E-state index contributed by atoms with van der Waals surface area (Å²) in [5, 5.41) is 12.0. The van der Waals surface area contributed by atoms with Crippen molar-refractivity contribution in [2.75, 3.05) is 13.1 Å². The van der Waals surface area contributed by atoms with Gasteiger partial charge in [0.25, 0.3) is 5.91 Å². The molecule has 4 amide bonds. The maximum absolute atomic E-state index is 13.7. The number of hydrogen-bond acceptors (Lipinski definition) is 6. The van der Waals surface area contributed by atoms with Gasteiger partial charge in [0.2, 0.25) is 0 Å². The van der Waals surface area contributed by atoms with Gasteiger partial charge in [-0.25, -0.2) is 14.6 Å². The number of nitrogens with one attached hydrogen (secondary N) is 4. The fraction of sp³-hybridized carbons (Fsp3) is 0.389. The number of carbonyl (C=O) groups excluding carboxylic acids is 4. The van der Waals surface area contributed by atoms with Gasteiger partial charge in [-0.2, -0.15) is 0 Å². The van der Waals surface area contributed by atoms with Crippen molar-refractivity contribution in [3.05, 3.63) is 96.1 Å². The molecule has 46 heavy (non-hydrogen) atoms. The van der Waals surface area contributed by atoms with E-state index < -0.39 is 35.2 Å². The average molecular weight is 630 g/mol. The maximum atomic E-state index is 13.7. The van der Waals surface area contributed by atoms with E-state index in [1.807, 2.05) is 86.6 Å². The molecule has 4 N–H and O–H groups in total. The second-order valence-corrected chi connectivity index (χ2v) is 12.8. The Labute approximate surface area is 271 Å². The number of amides is 4. The van der Waals surface area contributed by atoms with Crippen molar-refractivity contribution in [3.63, 3.8) is 0 Å². The first kappa shape index (κ1) is 35.8. The summed E-state index contributed by atoms with van der Waals surface area (Å²) in [6, 6.07) is 22.0. The Kier molecular flexibility index (Phi) is 12.9. The van der Waals surface area contributed by atoms with Crippen LogP contribution in [0, 0.1) is 0 Å².